The van der Waals surface area contributed by atoms with E-state index in [1.807, 2.05) is 31.3 Å². The minimum Gasteiger partial charge on any atom is -0.353 e. The molecular weight excluding hydrogens is 469 g/mol. The molecule has 1 atom stereocenters. The zero-order valence-electron chi connectivity index (χ0n) is 16.6. The number of hydrogen-bond acceptors (Lipinski definition) is 3. The first kappa shape index (κ1) is 22.4. The molecule has 2 aliphatic heterocycles. The highest BCUT2D eigenvalue weighted by atomic mass is 127. The Kier molecular flexibility index (Phi) is 8.53. The van der Waals surface area contributed by atoms with E-state index in [1.54, 1.807) is 4.90 Å². The SMILES string of the molecule is CN=C(NCc1ccc(C(=O)N2CCNC(=O)C2)cc1)N1CCCC(C)C1.I. The van der Waals surface area contributed by atoms with Crippen LogP contribution in [0.1, 0.15) is 35.7 Å². The normalized spacial score (nSPS) is 20.3. The van der Waals surface area contributed by atoms with Gasteiger partial charge < -0.3 is 20.4 Å². The molecule has 0 bridgehead atoms. The van der Waals surface area contributed by atoms with Crippen molar-refractivity contribution >= 4 is 41.8 Å². The Labute approximate surface area is 184 Å². The molecule has 2 aliphatic rings. The first-order valence-corrected chi connectivity index (χ1v) is 9.67. The average Bonchev–Trinajstić information content (AvgIpc) is 2.68. The summed E-state index contributed by atoms with van der Waals surface area (Å²) in [6, 6.07) is 7.57. The maximum atomic E-state index is 12.5. The molecular formula is C20H30IN5O2. The van der Waals surface area contributed by atoms with Gasteiger partial charge in [0.15, 0.2) is 5.96 Å². The average molecular weight is 499 g/mol. The number of amides is 2. The van der Waals surface area contributed by atoms with E-state index in [0.29, 0.717) is 31.1 Å². The molecule has 1 unspecified atom stereocenters. The number of guanidine groups is 1. The van der Waals surface area contributed by atoms with E-state index in [4.69, 9.17) is 0 Å². The molecule has 1 aromatic carbocycles. The molecule has 2 heterocycles. The van der Waals surface area contributed by atoms with Gasteiger partial charge in [0, 0.05) is 45.3 Å². The predicted molar refractivity (Wildman–Crippen MR) is 121 cm³/mol. The molecule has 0 saturated carbocycles. The Morgan fingerprint density at radius 1 is 1.25 bits per heavy atom. The molecule has 28 heavy (non-hydrogen) atoms. The van der Waals surface area contributed by atoms with E-state index in [0.717, 1.165) is 24.6 Å². The molecule has 0 spiro atoms. The van der Waals surface area contributed by atoms with E-state index in [9.17, 15) is 9.59 Å². The van der Waals surface area contributed by atoms with E-state index in [2.05, 4.69) is 27.4 Å². The van der Waals surface area contributed by atoms with Gasteiger partial charge in [0.25, 0.3) is 5.91 Å². The molecule has 1 aromatic rings. The lowest BCUT2D eigenvalue weighted by Crippen LogP contribution is -2.49. The van der Waals surface area contributed by atoms with Crippen LogP contribution in [-0.4, -0.2) is 67.3 Å². The van der Waals surface area contributed by atoms with Gasteiger partial charge in [-0.2, -0.15) is 0 Å². The van der Waals surface area contributed by atoms with Gasteiger partial charge in [0.05, 0.1) is 6.54 Å². The Morgan fingerprint density at radius 2 is 2.00 bits per heavy atom. The van der Waals surface area contributed by atoms with Crippen molar-refractivity contribution < 1.29 is 9.59 Å². The molecule has 2 N–H and O–H groups in total. The topological polar surface area (TPSA) is 77.0 Å². The predicted octanol–water partition coefficient (Wildman–Crippen LogP) is 1.68. The number of likely N-dealkylation sites (tertiary alicyclic amines) is 1. The number of nitrogens with one attached hydrogen (secondary N) is 2. The van der Waals surface area contributed by atoms with E-state index in [-0.39, 0.29) is 42.3 Å². The van der Waals surface area contributed by atoms with Gasteiger partial charge >= 0.3 is 0 Å². The van der Waals surface area contributed by atoms with Crippen molar-refractivity contribution in [2.45, 2.75) is 26.3 Å². The number of hydrogen-bond donors (Lipinski definition) is 2. The molecule has 2 saturated heterocycles. The van der Waals surface area contributed by atoms with E-state index >= 15 is 0 Å². The monoisotopic (exact) mass is 499 g/mol. The number of piperidine rings is 1. The maximum Gasteiger partial charge on any atom is 0.254 e. The van der Waals surface area contributed by atoms with Crippen LogP contribution in [0.5, 0.6) is 0 Å². The summed E-state index contributed by atoms with van der Waals surface area (Å²) in [6.07, 6.45) is 2.48. The number of rotatable bonds is 3. The minimum atomic E-state index is -0.103. The summed E-state index contributed by atoms with van der Waals surface area (Å²) in [5.41, 5.74) is 1.71. The first-order chi connectivity index (χ1) is 13.1. The number of aliphatic imine (C=N–C) groups is 1. The van der Waals surface area contributed by atoms with Crippen molar-refractivity contribution in [3.8, 4) is 0 Å². The second kappa shape index (κ2) is 10.6. The van der Waals surface area contributed by atoms with Crippen molar-refractivity contribution in [3.05, 3.63) is 35.4 Å². The van der Waals surface area contributed by atoms with Crippen LogP contribution in [0.3, 0.4) is 0 Å². The van der Waals surface area contributed by atoms with Gasteiger partial charge in [-0.3, -0.25) is 14.6 Å². The molecule has 3 rings (SSSR count). The Balaban J connectivity index is 0.00000280. The van der Waals surface area contributed by atoms with Crippen LogP contribution in [0.2, 0.25) is 0 Å². The molecule has 154 valence electrons. The fourth-order valence-electron chi connectivity index (χ4n) is 3.65. The molecule has 2 amide bonds. The summed E-state index contributed by atoms with van der Waals surface area (Å²) in [5, 5.41) is 6.16. The summed E-state index contributed by atoms with van der Waals surface area (Å²) in [5.74, 6) is 1.43. The first-order valence-electron chi connectivity index (χ1n) is 9.67. The highest BCUT2D eigenvalue weighted by molar-refractivity contribution is 14.0. The zero-order valence-corrected chi connectivity index (χ0v) is 18.9. The van der Waals surface area contributed by atoms with Crippen molar-refractivity contribution in [2.24, 2.45) is 10.9 Å². The zero-order chi connectivity index (χ0) is 19.2. The fraction of sp³-hybridized carbons (Fsp3) is 0.550. The third kappa shape index (κ3) is 5.83. The number of halogens is 1. The quantitative estimate of drug-likeness (QED) is 0.377. The Hall–Kier alpha value is -1.84. The van der Waals surface area contributed by atoms with Gasteiger partial charge in [-0.1, -0.05) is 19.1 Å². The third-order valence-electron chi connectivity index (χ3n) is 5.15. The van der Waals surface area contributed by atoms with E-state index in [1.165, 1.54) is 12.8 Å². The smallest absolute Gasteiger partial charge is 0.254 e. The van der Waals surface area contributed by atoms with Crippen LogP contribution >= 0.6 is 24.0 Å². The number of piperazine rings is 1. The summed E-state index contributed by atoms with van der Waals surface area (Å²) in [6.45, 7) is 6.22. The molecule has 0 aliphatic carbocycles. The maximum absolute atomic E-state index is 12.5. The highest BCUT2D eigenvalue weighted by Crippen LogP contribution is 2.15. The molecule has 0 aromatic heterocycles. The van der Waals surface area contributed by atoms with Crippen molar-refractivity contribution in [2.75, 3.05) is 39.8 Å². The van der Waals surface area contributed by atoms with Crippen LogP contribution in [0.25, 0.3) is 0 Å². The van der Waals surface area contributed by atoms with Crippen LogP contribution in [-0.2, 0) is 11.3 Å². The second-order valence-corrected chi connectivity index (χ2v) is 7.37. The van der Waals surface area contributed by atoms with Crippen molar-refractivity contribution in [1.82, 2.24) is 20.4 Å². The number of carbonyl (C=O) groups is 2. The minimum absolute atomic E-state index is 0. The van der Waals surface area contributed by atoms with Crippen LogP contribution in [0, 0.1) is 5.92 Å². The Bertz CT molecular complexity index is 707. The molecule has 7 nitrogen and oxygen atoms in total. The summed E-state index contributed by atoms with van der Waals surface area (Å²) >= 11 is 0. The number of nitrogens with zero attached hydrogens (tertiary/aromatic N) is 3. The largest absolute Gasteiger partial charge is 0.353 e. The Morgan fingerprint density at radius 3 is 2.64 bits per heavy atom. The van der Waals surface area contributed by atoms with Gasteiger partial charge in [-0.05, 0) is 36.5 Å². The van der Waals surface area contributed by atoms with Gasteiger partial charge in [-0.25, -0.2) is 0 Å². The van der Waals surface area contributed by atoms with Gasteiger partial charge in [-0.15, -0.1) is 24.0 Å². The standard InChI is InChI=1S/C20H29N5O2.HI/c1-15-4-3-10-25(13-15)20(21-2)23-12-16-5-7-17(8-6-16)19(27)24-11-9-22-18(26)14-24;/h5-8,15H,3-4,9-14H2,1-2H3,(H,21,23)(H,22,26);1H. The molecule has 2 fully saturated rings. The highest BCUT2D eigenvalue weighted by Gasteiger charge is 2.22. The van der Waals surface area contributed by atoms with Crippen molar-refractivity contribution in [3.63, 3.8) is 0 Å². The van der Waals surface area contributed by atoms with Gasteiger partial charge in [0.1, 0.15) is 0 Å². The van der Waals surface area contributed by atoms with Crippen molar-refractivity contribution in [1.29, 1.82) is 0 Å². The fourth-order valence-corrected chi connectivity index (χ4v) is 3.65. The summed E-state index contributed by atoms with van der Waals surface area (Å²) in [7, 11) is 1.82. The van der Waals surface area contributed by atoms with Crippen LogP contribution in [0.4, 0.5) is 0 Å². The number of benzene rings is 1. The van der Waals surface area contributed by atoms with Crippen LogP contribution in [0.15, 0.2) is 29.3 Å². The summed E-state index contributed by atoms with van der Waals surface area (Å²) in [4.78, 5) is 32.3. The third-order valence-corrected chi connectivity index (χ3v) is 5.15. The molecule has 8 heteroatoms. The summed E-state index contributed by atoms with van der Waals surface area (Å²) < 4.78 is 0. The van der Waals surface area contributed by atoms with Crippen LogP contribution < -0.4 is 10.6 Å². The number of carbonyl (C=O) groups excluding carboxylic acids is 2. The molecule has 0 radical (unpaired) electrons. The lowest BCUT2D eigenvalue weighted by atomic mass is 10.0. The second-order valence-electron chi connectivity index (χ2n) is 7.37. The van der Waals surface area contributed by atoms with Gasteiger partial charge in [0.2, 0.25) is 5.91 Å². The lowest BCUT2D eigenvalue weighted by molar-refractivity contribution is -0.123. The lowest BCUT2D eigenvalue weighted by Gasteiger charge is -2.33. The van der Waals surface area contributed by atoms with E-state index < -0.39 is 0 Å².